The molecule has 0 spiro atoms. The molecule has 0 aliphatic heterocycles. The van der Waals surface area contributed by atoms with Gasteiger partial charge in [-0.2, -0.15) is 15.0 Å². The quantitative estimate of drug-likeness (QED) is 0.347. The van der Waals surface area contributed by atoms with Crippen LogP contribution in [0.3, 0.4) is 0 Å². The highest BCUT2D eigenvalue weighted by Crippen LogP contribution is 2.14. The summed E-state index contributed by atoms with van der Waals surface area (Å²) in [6, 6.07) is 0.328. The summed E-state index contributed by atoms with van der Waals surface area (Å²) in [7, 11) is 0. The third-order valence-electron chi connectivity index (χ3n) is 3.42. The van der Waals surface area contributed by atoms with Crippen LogP contribution in [0.2, 0.25) is 0 Å². The minimum absolute atomic E-state index is 0.328. The zero-order chi connectivity index (χ0) is 15.7. The second-order valence-electron chi connectivity index (χ2n) is 5.14. The van der Waals surface area contributed by atoms with E-state index in [1.807, 2.05) is 0 Å². The number of hydrogen-bond donors (Lipinski definition) is 3. The van der Waals surface area contributed by atoms with Crippen LogP contribution >= 0.6 is 0 Å². The highest BCUT2D eigenvalue weighted by molar-refractivity contribution is 5.43. The smallest absolute Gasteiger partial charge is 0.243 e. The van der Waals surface area contributed by atoms with Crippen molar-refractivity contribution in [3.05, 3.63) is 0 Å². The van der Waals surface area contributed by atoms with E-state index < -0.39 is 0 Å². The Bertz CT molecular complexity index is 406. The van der Waals surface area contributed by atoms with E-state index in [9.17, 15) is 0 Å². The third kappa shape index (κ3) is 5.71. The molecule has 0 aliphatic carbocycles. The Kier molecular flexibility index (Phi) is 7.74. The van der Waals surface area contributed by atoms with Crippen molar-refractivity contribution in [2.24, 2.45) is 5.84 Å². The van der Waals surface area contributed by atoms with Crippen molar-refractivity contribution in [3.63, 3.8) is 0 Å². The fourth-order valence-electron chi connectivity index (χ4n) is 2.13. The molecule has 0 bridgehead atoms. The van der Waals surface area contributed by atoms with E-state index in [2.05, 4.69) is 58.3 Å². The van der Waals surface area contributed by atoms with Crippen LogP contribution in [0.5, 0.6) is 0 Å². The van der Waals surface area contributed by atoms with Crippen LogP contribution in [-0.4, -0.2) is 34.1 Å². The van der Waals surface area contributed by atoms with Gasteiger partial charge in [-0.3, -0.25) is 5.43 Å². The van der Waals surface area contributed by atoms with Crippen molar-refractivity contribution in [2.75, 3.05) is 28.7 Å². The summed E-state index contributed by atoms with van der Waals surface area (Å²) in [6.07, 6.45) is 4.79. The molecule has 1 heterocycles. The number of aromatic nitrogens is 3. The largest absolute Gasteiger partial charge is 0.352 e. The van der Waals surface area contributed by atoms with Crippen molar-refractivity contribution in [2.45, 2.75) is 59.4 Å². The molecule has 7 heteroatoms. The molecule has 0 radical (unpaired) electrons. The molecule has 7 nitrogen and oxygen atoms in total. The topological polar surface area (TPSA) is 92.0 Å². The fourth-order valence-corrected chi connectivity index (χ4v) is 2.13. The molecule has 0 amide bonds. The number of nitrogens with one attached hydrogen (secondary N) is 2. The van der Waals surface area contributed by atoms with Gasteiger partial charge in [0.05, 0.1) is 0 Å². The maximum absolute atomic E-state index is 5.45. The van der Waals surface area contributed by atoms with Crippen LogP contribution in [0.15, 0.2) is 0 Å². The second-order valence-corrected chi connectivity index (χ2v) is 5.14. The summed E-state index contributed by atoms with van der Waals surface area (Å²) in [5.74, 6) is 7.05. The number of nitrogen functional groups attached to an aromatic ring is 1. The van der Waals surface area contributed by atoms with Crippen LogP contribution < -0.4 is 21.5 Å². The van der Waals surface area contributed by atoms with Gasteiger partial charge in [0, 0.05) is 19.1 Å². The molecule has 1 rings (SSSR count). The van der Waals surface area contributed by atoms with Gasteiger partial charge in [-0.05, 0) is 27.2 Å². The second kappa shape index (κ2) is 9.33. The Labute approximate surface area is 127 Å². The van der Waals surface area contributed by atoms with E-state index >= 15 is 0 Å². The fraction of sp³-hybridized carbons (Fsp3) is 0.786. The molecule has 0 aromatic carbocycles. The lowest BCUT2D eigenvalue weighted by atomic mass is 10.1. The first-order valence-electron chi connectivity index (χ1n) is 7.88. The number of hydrogen-bond acceptors (Lipinski definition) is 7. The van der Waals surface area contributed by atoms with Crippen molar-refractivity contribution < 1.29 is 0 Å². The maximum Gasteiger partial charge on any atom is 0.243 e. The molecular weight excluding hydrogens is 266 g/mol. The number of anilines is 3. The monoisotopic (exact) mass is 295 g/mol. The third-order valence-corrected chi connectivity index (χ3v) is 3.42. The molecule has 1 aromatic rings. The van der Waals surface area contributed by atoms with E-state index in [-0.39, 0.29) is 0 Å². The zero-order valence-electron chi connectivity index (χ0n) is 13.7. The van der Waals surface area contributed by atoms with Gasteiger partial charge in [-0.1, -0.05) is 26.2 Å². The Morgan fingerprint density at radius 3 is 2.29 bits per heavy atom. The number of nitrogens with two attached hydrogens (primary N) is 1. The van der Waals surface area contributed by atoms with Crippen molar-refractivity contribution in [3.8, 4) is 0 Å². The van der Waals surface area contributed by atoms with Crippen LogP contribution in [-0.2, 0) is 0 Å². The average Bonchev–Trinajstić information content (AvgIpc) is 2.48. The standard InChI is InChI=1S/C14H29N7/c1-5-8-9-10-11(4)16-12-17-13(20-15)19-14(18-12)21(6-2)7-3/h11H,5-10,15H2,1-4H3,(H2,16,17,18,19,20). The molecule has 120 valence electrons. The van der Waals surface area contributed by atoms with E-state index in [1.54, 1.807) is 0 Å². The molecule has 21 heavy (non-hydrogen) atoms. The minimum atomic E-state index is 0.328. The van der Waals surface area contributed by atoms with E-state index in [0.29, 0.717) is 23.9 Å². The lowest BCUT2D eigenvalue weighted by Gasteiger charge is -2.20. The van der Waals surface area contributed by atoms with Gasteiger partial charge in [0.2, 0.25) is 17.8 Å². The van der Waals surface area contributed by atoms with Gasteiger partial charge in [-0.25, -0.2) is 5.84 Å². The number of nitrogens with zero attached hydrogens (tertiary/aromatic N) is 4. The molecule has 1 atom stereocenters. The van der Waals surface area contributed by atoms with E-state index in [4.69, 9.17) is 5.84 Å². The SMILES string of the molecule is CCCCCC(C)Nc1nc(NN)nc(N(CC)CC)n1. The molecule has 0 saturated carbocycles. The summed E-state index contributed by atoms with van der Waals surface area (Å²) >= 11 is 0. The van der Waals surface area contributed by atoms with Gasteiger partial charge in [0.25, 0.3) is 0 Å². The number of unbranched alkanes of at least 4 members (excludes halogenated alkanes) is 2. The maximum atomic E-state index is 5.45. The summed E-state index contributed by atoms with van der Waals surface area (Å²) in [5.41, 5.74) is 2.51. The Hall–Kier alpha value is -1.63. The Balaban J connectivity index is 2.78. The Morgan fingerprint density at radius 1 is 1.05 bits per heavy atom. The zero-order valence-corrected chi connectivity index (χ0v) is 13.7. The first-order chi connectivity index (χ1) is 10.1. The normalized spacial score (nSPS) is 12.0. The van der Waals surface area contributed by atoms with Crippen molar-refractivity contribution >= 4 is 17.8 Å². The highest BCUT2D eigenvalue weighted by Gasteiger charge is 2.12. The van der Waals surface area contributed by atoms with Crippen LogP contribution in [0.1, 0.15) is 53.4 Å². The predicted molar refractivity (Wildman–Crippen MR) is 88.4 cm³/mol. The molecule has 0 saturated heterocycles. The average molecular weight is 295 g/mol. The lowest BCUT2D eigenvalue weighted by molar-refractivity contribution is 0.611. The van der Waals surface area contributed by atoms with E-state index in [1.165, 1.54) is 19.3 Å². The first kappa shape index (κ1) is 17.4. The predicted octanol–water partition coefficient (Wildman–Crippen LogP) is 2.38. The van der Waals surface area contributed by atoms with Gasteiger partial charge in [0.1, 0.15) is 0 Å². The van der Waals surface area contributed by atoms with Gasteiger partial charge in [-0.15, -0.1) is 0 Å². The van der Waals surface area contributed by atoms with Gasteiger partial charge in [0.15, 0.2) is 0 Å². The Morgan fingerprint density at radius 2 is 1.71 bits per heavy atom. The van der Waals surface area contributed by atoms with Gasteiger partial charge >= 0.3 is 0 Å². The molecule has 1 aromatic heterocycles. The highest BCUT2D eigenvalue weighted by atomic mass is 15.4. The van der Waals surface area contributed by atoms with Crippen molar-refractivity contribution in [1.82, 2.24) is 15.0 Å². The number of hydrazine groups is 1. The van der Waals surface area contributed by atoms with Crippen LogP contribution in [0.25, 0.3) is 0 Å². The molecule has 0 fully saturated rings. The molecule has 0 aliphatic rings. The van der Waals surface area contributed by atoms with Gasteiger partial charge < -0.3 is 10.2 Å². The number of rotatable bonds is 10. The summed E-state index contributed by atoms with van der Waals surface area (Å²) in [5, 5.41) is 3.33. The molecule has 4 N–H and O–H groups in total. The summed E-state index contributed by atoms with van der Waals surface area (Å²) < 4.78 is 0. The summed E-state index contributed by atoms with van der Waals surface area (Å²) in [4.78, 5) is 15.1. The summed E-state index contributed by atoms with van der Waals surface area (Å²) in [6.45, 7) is 10.2. The molecular formula is C14H29N7. The van der Waals surface area contributed by atoms with Crippen LogP contribution in [0, 0.1) is 0 Å². The lowest BCUT2D eigenvalue weighted by Crippen LogP contribution is -2.27. The van der Waals surface area contributed by atoms with Crippen LogP contribution in [0.4, 0.5) is 17.8 Å². The minimum Gasteiger partial charge on any atom is -0.352 e. The molecule has 1 unspecified atom stereocenters. The van der Waals surface area contributed by atoms with Crippen molar-refractivity contribution in [1.29, 1.82) is 0 Å². The van der Waals surface area contributed by atoms with E-state index in [0.717, 1.165) is 19.5 Å². The first-order valence-corrected chi connectivity index (χ1v) is 7.88.